The van der Waals surface area contributed by atoms with E-state index in [4.69, 9.17) is 4.74 Å². The van der Waals surface area contributed by atoms with Crippen LogP contribution >= 0.6 is 0 Å². The predicted molar refractivity (Wildman–Crippen MR) is 72.0 cm³/mol. The van der Waals surface area contributed by atoms with Crippen molar-refractivity contribution in [3.05, 3.63) is 65.2 Å². The van der Waals surface area contributed by atoms with Crippen LogP contribution in [0.25, 0.3) is 0 Å². The molecular weight excluding hydrogens is 262 g/mol. The smallest absolute Gasteiger partial charge is 0.196 e. The van der Waals surface area contributed by atoms with E-state index in [0.717, 1.165) is 12.5 Å². The topological polar surface area (TPSA) is 26.3 Å². The van der Waals surface area contributed by atoms with Gasteiger partial charge in [-0.25, -0.2) is 8.78 Å². The average Bonchev–Trinajstić information content (AvgIpc) is 2.48. The predicted octanol–water partition coefficient (Wildman–Crippen LogP) is 3.98. The van der Waals surface area contributed by atoms with Gasteiger partial charge < -0.3 is 4.74 Å². The van der Waals surface area contributed by atoms with Crippen molar-refractivity contribution < 1.29 is 18.3 Å². The summed E-state index contributed by atoms with van der Waals surface area (Å²) in [6, 6.07) is 9.91. The first-order valence-corrected chi connectivity index (χ1v) is 6.35. The molecule has 2 nitrogen and oxygen atoms in total. The van der Waals surface area contributed by atoms with Crippen LogP contribution in [-0.2, 0) is 0 Å². The molecule has 0 fully saturated rings. The van der Waals surface area contributed by atoms with E-state index in [9.17, 15) is 13.6 Å². The van der Waals surface area contributed by atoms with Crippen LogP contribution in [0.15, 0.2) is 42.5 Å². The van der Waals surface area contributed by atoms with Gasteiger partial charge in [0.15, 0.2) is 17.4 Å². The SMILES string of the molecule is CCCOc1ccc(C(=O)c2cccc(F)c2F)cc1. The first-order chi connectivity index (χ1) is 9.63. The lowest BCUT2D eigenvalue weighted by atomic mass is 10.0. The molecule has 0 spiro atoms. The van der Waals surface area contributed by atoms with E-state index in [1.807, 2.05) is 6.92 Å². The Balaban J connectivity index is 2.23. The molecule has 2 aromatic carbocycles. The zero-order valence-electron chi connectivity index (χ0n) is 11.0. The van der Waals surface area contributed by atoms with Crippen molar-refractivity contribution in [2.75, 3.05) is 6.61 Å². The van der Waals surface area contributed by atoms with Crippen molar-refractivity contribution in [2.24, 2.45) is 0 Å². The minimum atomic E-state index is -1.12. The Morgan fingerprint density at radius 3 is 2.45 bits per heavy atom. The van der Waals surface area contributed by atoms with Crippen LogP contribution in [0.5, 0.6) is 5.75 Å². The van der Waals surface area contributed by atoms with Crippen molar-refractivity contribution in [1.29, 1.82) is 0 Å². The number of benzene rings is 2. The van der Waals surface area contributed by atoms with Gasteiger partial charge in [-0.2, -0.15) is 0 Å². The monoisotopic (exact) mass is 276 g/mol. The van der Waals surface area contributed by atoms with Gasteiger partial charge in [-0.3, -0.25) is 4.79 Å². The highest BCUT2D eigenvalue weighted by Crippen LogP contribution is 2.18. The summed E-state index contributed by atoms with van der Waals surface area (Å²) in [5, 5.41) is 0. The molecule has 0 bridgehead atoms. The third-order valence-electron chi connectivity index (χ3n) is 2.79. The third-order valence-corrected chi connectivity index (χ3v) is 2.79. The molecule has 2 aromatic rings. The second kappa shape index (κ2) is 6.28. The average molecular weight is 276 g/mol. The molecule has 0 aliphatic rings. The molecule has 20 heavy (non-hydrogen) atoms. The van der Waals surface area contributed by atoms with Gasteiger partial charge in [-0.15, -0.1) is 0 Å². The Hall–Kier alpha value is -2.23. The molecule has 0 N–H and O–H groups in total. The highest BCUT2D eigenvalue weighted by Gasteiger charge is 2.16. The van der Waals surface area contributed by atoms with Crippen molar-refractivity contribution in [3.8, 4) is 5.75 Å². The molecule has 0 aliphatic heterocycles. The van der Waals surface area contributed by atoms with Crippen molar-refractivity contribution in [1.82, 2.24) is 0 Å². The van der Waals surface area contributed by atoms with E-state index in [1.165, 1.54) is 24.3 Å². The van der Waals surface area contributed by atoms with E-state index < -0.39 is 17.4 Å². The third kappa shape index (κ3) is 3.02. The first kappa shape index (κ1) is 14.2. The number of ketones is 1. The molecule has 0 aliphatic carbocycles. The first-order valence-electron chi connectivity index (χ1n) is 6.35. The number of ether oxygens (including phenoxy) is 1. The van der Waals surface area contributed by atoms with Crippen molar-refractivity contribution in [2.45, 2.75) is 13.3 Å². The van der Waals surface area contributed by atoms with Crippen molar-refractivity contribution in [3.63, 3.8) is 0 Å². The van der Waals surface area contributed by atoms with Gasteiger partial charge in [0.2, 0.25) is 0 Å². The Morgan fingerprint density at radius 1 is 1.10 bits per heavy atom. The fourth-order valence-electron chi connectivity index (χ4n) is 1.76. The Morgan fingerprint density at radius 2 is 1.80 bits per heavy atom. The van der Waals surface area contributed by atoms with Crippen LogP contribution in [0.3, 0.4) is 0 Å². The summed E-state index contributed by atoms with van der Waals surface area (Å²) in [7, 11) is 0. The molecule has 104 valence electrons. The van der Waals surface area contributed by atoms with Gasteiger partial charge in [0.1, 0.15) is 5.75 Å². The number of hydrogen-bond acceptors (Lipinski definition) is 2. The molecule has 2 rings (SSSR count). The zero-order valence-corrected chi connectivity index (χ0v) is 11.0. The van der Waals surface area contributed by atoms with E-state index >= 15 is 0 Å². The maximum absolute atomic E-state index is 13.6. The van der Waals surface area contributed by atoms with Gasteiger partial charge >= 0.3 is 0 Å². The van der Waals surface area contributed by atoms with E-state index in [-0.39, 0.29) is 5.56 Å². The van der Waals surface area contributed by atoms with E-state index in [2.05, 4.69) is 0 Å². The summed E-state index contributed by atoms with van der Waals surface area (Å²) in [4.78, 5) is 12.1. The van der Waals surface area contributed by atoms with E-state index in [1.54, 1.807) is 12.1 Å². The molecule has 0 radical (unpaired) electrons. The molecule has 0 aromatic heterocycles. The largest absolute Gasteiger partial charge is 0.494 e. The second-order valence-electron chi connectivity index (χ2n) is 4.30. The fourth-order valence-corrected chi connectivity index (χ4v) is 1.76. The Labute approximate surface area is 116 Å². The molecule has 4 heteroatoms. The van der Waals surface area contributed by atoms with Crippen molar-refractivity contribution >= 4 is 5.78 Å². The maximum Gasteiger partial charge on any atom is 0.196 e. The fraction of sp³-hybridized carbons (Fsp3) is 0.188. The lowest BCUT2D eigenvalue weighted by Gasteiger charge is -2.06. The number of carbonyl (C=O) groups is 1. The van der Waals surface area contributed by atoms with Crippen LogP contribution in [0.4, 0.5) is 8.78 Å². The Kier molecular flexibility index (Phi) is 4.45. The zero-order chi connectivity index (χ0) is 14.5. The molecular formula is C16H14F2O2. The second-order valence-corrected chi connectivity index (χ2v) is 4.30. The van der Waals surface area contributed by atoms with Crippen LogP contribution in [0, 0.1) is 11.6 Å². The normalized spacial score (nSPS) is 10.3. The summed E-state index contributed by atoms with van der Waals surface area (Å²) in [5.74, 6) is -2.06. The van der Waals surface area contributed by atoms with Crippen LogP contribution < -0.4 is 4.74 Å². The minimum absolute atomic E-state index is 0.271. The van der Waals surface area contributed by atoms with Gasteiger partial charge in [-0.05, 0) is 42.8 Å². The van der Waals surface area contributed by atoms with Crippen LogP contribution in [-0.4, -0.2) is 12.4 Å². The number of hydrogen-bond donors (Lipinski definition) is 0. The quantitative estimate of drug-likeness (QED) is 0.772. The van der Waals surface area contributed by atoms with E-state index in [0.29, 0.717) is 17.9 Å². The van der Waals surface area contributed by atoms with Gasteiger partial charge in [0.25, 0.3) is 0 Å². The number of halogens is 2. The Bertz CT molecular complexity index is 606. The highest BCUT2D eigenvalue weighted by molar-refractivity contribution is 6.09. The van der Waals surface area contributed by atoms with Gasteiger partial charge in [0, 0.05) is 5.56 Å². The summed E-state index contributed by atoms with van der Waals surface area (Å²) in [6.07, 6.45) is 0.884. The minimum Gasteiger partial charge on any atom is -0.494 e. The molecule has 0 atom stereocenters. The lowest BCUT2D eigenvalue weighted by Crippen LogP contribution is -2.06. The van der Waals surface area contributed by atoms with Crippen LogP contribution in [0.2, 0.25) is 0 Å². The highest BCUT2D eigenvalue weighted by atomic mass is 19.2. The molecule has 0 unspecified atom stereocenters. The summed E-state index contributed by atoms with van der Waals surface area (Å²) in [6.45, 7) is 2.58. The van der Waals surface area contributed by atoms with Gasteiger partial charge in [-0.1, -0.05) is 13.0 Å². The van der Waals surface area contributed by atoms with Gasteiger partial charge in [0.05, 0.1) is 12.2 Å². The standard InChI is InChI=1S/C16H14F2O2/c1-2-10-20-12-8-6-11(7-9-12)16(19)13-4-3-5-14(17)15(13)18/h3-9H,2,10H2,1H3. The molecule has 0 amide bonds. The molecule has 0 saturated carbocycles. The molecule has 0 heterocycles. The van der Waals surface area contributed by atoms with Crippen LogP contribution in [0.1, 0.15) is 29.3 Å². The number of carbonyl (C=O) groups excluding carboxylic acids is 1. The number of rotatable bonds is 5. The maximum atomic E-state index is 13.6. The summed E-state index contributed by atoms with van der Waals surface area (Å²) < 4.78 is 32.1. The summed E-state index contributed by atoms with van der Waals surface area (Å²) >= 11 is 0. The lowest BCUT2D eigenvalue weighted by molar-refractivity contribution is 0.103. The summed E-state index contributed by atoms with van der Waals surface area (Å²) in [5.41, 5.74) is 0.0191. The molecule has 0 saturated heterocycles.